The van der Waals surface area contributed by atoms with E-state index >= 15 is 0 Å². The Morgan fingerprint density at radius 2 is 1.69 bits per heavy atom. The summed E-state index contributed by atoms with van der Waals surface area (Å²) in [5.41, 5.74) is 16.8. The minimum atomic E-state index is -1.44. The molecule has 0 saturated heterocycles. The van der Waals surface area contributed by atoms with Crippen molar-refractivity contribution in [2.24, 2.45) is 17.2 Å². The standard InChI is InChI=1S/C21H36N8O7/c1-11(30)17(29-18(32)13(23)4-2-3-7-22)20(34)28-15(8-12-9-25-10-26-12)19(33)27-14(21(35)36)5-6-16(24)31/h9-11,13-15,17,30H,2-8,22-23H2,1H3,(H2,24,31)(H,25,26)(H,27,33)(H,28,34)(H,29,32)(H,35,36). The first-order valence-electron chi connectivity index (χ1n) is 11.5. The van der Waals surface area contributed by atoms with E-state index in [4.69, 9.17) is 17.2 Å². The van der Waals surface area contributed by atoms with E-state index in [0.717, 1.165) is 0 Å². The van der Waals surface area contributed by atoms with E-state index in [0.29, 0.717) is 31.5 Å². The van der Waals surface area contributed by atoms with E-state index in [1.807, 2.05) is 0 Å². The minimum absolute atomic E-state index is 0.112. The van der Waals surface area contributed by atoms with Crippen LogP contribution in [0.5, 0.6) is 0 Å². The van der Waals surface area contributed by atoms with Gasteiger partial charge in [-0.05, 0) is 32.7 Å². The Morgan fingerprint density at radius 3 is 2.22 bits per heavy atom. The number of nitrogens with one attached hydrogen (secondary N) is 4. The smallest absolute Gasteiger partial charge is 0.326 e. The highest BCUT2D eigenvalue weighted by atomic mass is 16.4. The van der Waals surface area contributed by atoms with Crippen LogP contribution in [0, 0.1) is 0 Å². The number of nitrogens with two attached hydrogens (primary N) is 3. The van der Waals surface area contributed by atoms with Gasteiger partial charge in [-0.15, -0.1) is 0 Å². The molecule has 4 amide bonds. The number of aromatic amines is 1. The number of unbranched alkanes of at least 4 members (excludes halogenated alkanes) is 1. The third-order valence-electron chi connectivity index (χ3n) is 5.27. The molecule has 36 heavy (non-hydrogen) atoms. The van der Waals surface area contributed by atoms with Crippen molar-refractivity contribution in [2.45, 2.75) is 75.7 Å². The van der Waals surface area contributed by atoms with Gasteiger partial charge in [0.25, 0.3) is 0 Å². The van der Waals surface area contributed by atoms with Crippen LogP contribution in [0.1, 0.15) is 44.7 Å². The fourth-order valence-corrected chi connectivity index (χ4v) is 3.21. The van der Waals surface area contributed by atoms with E-state index in [-0.39, 0.29) is 19.3 Å². The van der Waals surface area contributed by atoms with Crippen LogP contribution in [0.3, 0.4) is 0 Å². The van der Waals surface area contributed by atoms with E-state index in [1.165, 1.54) is 19.4 Å². The number of amides is 4. The molecule has 15 heteroatoms. The SMILES string of the molecule is CC(O)C(NC(=O)C(N)CCCCN)C(=O)NC(Cc1cnc[nH]1)C(=O)NC(CCC(N)=O)C(=O)O. The first kappa shape index (κ1) is 30.5. The molecule has 0 aliphatic heterocycles. The number of carboxylic acids is 1. The average molecular weight is 513 g/mol. The van der Waals surface area contributed by atoms with E-state index in [9.17, 15) is 34.2 Å². The van der Waals surface area contributed by atoms with Crippen molar-refractivity contribution in [3.8, 4) is 0 Å². The molecule has 202 valence electrons. The lowest BCUT2D eigenvalue weighted by molar-refractivity contribution is -0.142. The number of carbonyl (C=O) groups excluding carboxylic acids is 4. The molecular weight excluding hydrogens is 476 g/mol. The van der Waals surface area contributed by atoms with Gasteiger partial charge in [-0.2, -0.15) is 0 Å². The summed E-state index contributed by atoms with van der Waals surface area (Å²) in [6.45, 7) is 1.72. The maximum Gasteiger partial charge on any atom is 0.326 e. The number of rotatable bonds is 17. The molecule has 0 aliphatic carbocycles. The van der Waals surface area contributed by atoms with Gasteiger partial charge in [0.05, 0.1) is 18.5 Å². The summed E-state index contributed by atoms with van der Waals surface area (Å²) in [4.78, 5) is 67.4. The zero-order chi connectivity index (χ0) is 27.3. The number of aromatic nitrogens is 2. The first-order chi connectivity index (χ1) is 17.0. The zero-order valence-electron chi connectivity index (χ0n) is 20.1. The van der Waals surface area contributed by atoms with Gasteiger partial charge in [-0.1, -0.05) is 6.42 Å². The summed E-state index contributed by atoms with van der Waals surface area (Å²) >= 11 is 0. The third kappa shape index (κ3) is 10.8. The summed E-state index contributed by atoms with van der Waals surface area (Å²) < 4.78 is 0. The number of primary amides is 1. The number of hydrogen-bond donors (Lipinski definition) is 9. The van der Waals surface area contributed by atoms with Gasteiger partial charge in [-0.25, -0.2) is 9.78 Å². The second kappa shape index (κ2) is 15.4. The van der Waals surface area contributed by atoms with Crippen molar-refractivity contribution in [1.82, 2.24) is 25.9 Å². The highest BCUT2D eigenvalue weighted by molar-refractivity contribution is 5.94. The number of aliphatic carboxylic acids is 1. The molecule has 12 N–H and O–H groups in total. The van der Waals surface area contributed by atoms with Gasteiger partial charge in [0.15, 0.2) is 0 Å². The fraction of sp³-hybridized carbons (Fsp3) is 0.619. The number of aliphatic hydroxyl groups excluding tert-OH is 1. The largest absolute Gasteiger partial charge is 0.480 e. The van der Waals surface area contributed by atoms with Gasteiger partial charge in [0.2, 0.25) is 23.6 Å². The van der Waals surface area contributed by atoms with Crippen LogP contribution in [-0.2, 0) is 30.4 Å². The lowest BCUT2D eigenvalue weighted by atomic mass is 10.1. The molecule has 1 heterocycles. The molecule has 1 aromatic rings. The van der Waals surface area contributed by atoms with Crippen LogP contribution in [-0.4, -0.2) is 86.6 Å². The molecule has 0 saturated carbocycles. The highest BCUT2D eigenvalue weighted by Gasteiger charge is 2.32. The molecule has 1 rings (SSSR count). The predicted octanol–water partition coefficient (Wildman–Crippen LogP) is -3.41. The molecule has 1 aromatic heterocycles. The lowest BCUT2D eigenvalue weighted by Crippen LogP contribution is -2.60. The number of H-pyrrole nitrogens is 1. The van der Waals surface area contributed by atoms with Gasteiger partial charge in [0.1, 0.15) is 18.1 Å². The van der Waals surface area contributed by atoms with Gasteiger partial charge in [0, 0.05) is 24.7 Å². The second-order valence-electron chi connectivity index (χ2n) is 8.36. The highest BCUT2D eigenvalue weighted by Crippen LogP contribution is 2.05. The van der Waals surface area contributed by atoms with Crippen LogP contribution < -0.4 is 33.2 Å². The molecule has 0 spiro atoms. The molecular formula is C21H36N8O7. The Balaban J connectivity index is 2.98. The zero-order valence-corrected chi connectivity index (χ0v) is 20.1. The number of carboxylic acid groups (broad SMARTS) is 1. The minimum Gasteiger partial charge on any atom is -0.480 e. The van der Waals surface area contributed by atoms with Crippen molar-refractivity contribution < 1.29 is 34.2 Å². The maximum atomic E-state index is 13.0. The van der Waals surface area contributed by atoms with Crippen molar-refractivity contribution in [1.29, 1.82) is 0 Å². The van der Waals surface area contributed by atoms with E-state index < -0.39 is 59.9 Å². The normalized spacial score (nSPS) is 15.1. The fourth-order valence-electron chi connectivity index (χ4n) is 3.21. The maximum absolute atomic E-state index is 13.0. The number of carbonyl (C=O) groups is 5. The summed E-state index contributed by atoms with van der Waals surface area (Å²) in [5.74, 6) is -4.57. The van der Waals surface area contributed by atoms with Crippen molar-refractivity contribution in [3.63, 3.8) is 0 Å². The Bertz CT molecular complexity index is 878. The van der Waals surface area contributed by atoms with Crippen molar-refractivity contribution in [3.05, 3.63) is 18.2 Å². The predicted molar refractivity (Wildman–Crippen MR) is 127 cm³/mol. The average Bonchev–Trinajstić information content (AvgIpc) is 3.31. The lowest BCUT2D eigenvalue weighted by Gasteiger charge is -2.26. The summed E-state index contributed by atoms with van der Waals surface area (Å²) in [5, 5.41) is 26.6. The Morgan fingerprint density at radius 1 is 1.03 bits per heavy atom. The van der Waals surface area contributed by atoms with Gasteiger partial charge >= 0.3 is 5.97 Å². The van der Waals surface area contributed by atoms with Crippen LogP contribution in [0.25, 0.3) is 0 Å². The molecule has 15 nitrogen and oxygen atoms in total. The van der Waals surface area contributed by atoms with Crippen LogP contribution in [0.4, 0.5) is 0 Å². The number of imidazole rings is 1. The molecule has 5 unspecified atom stereocenters. The van der Waals surface area contributed by atoms with E-state index in [2.05, 4.69) is 25.9 Å². The monoisotopic (exact) mass is 512 g/mol. The second-order valence-corrected chi connectivity index (χ2v) is 8.36. The molecule has 5 atom stereocenters. The van der Waals surface area contributed by atoms with Crippen LogP contribution in [0.15, 0.2) is 12.5 Å². The Kier molecular flexibility index (Phi) is 13.1. The van der Waals surface area contributed by atoms with Crippen molar-refractivity contribution in [2.75, 3.05) is 6.54 Å². The van der Waals surface area contributed by atoms with Crippen molar-refractivity contribution >= 4 is 29.6 Å². The molecule has 0 aromatic carbocycles. The van der Waals surface area contributed by atoms with Crippen LogP contribution in [0.2, 0.25) is 0 Å². The molecule has 0 bridgehead atoms. The molecule has 0 radical (unpaired) electrons. The summed E-state index contributed by atoms with van der Waals surface area (Å²) in [6, 6.07) is -5.13. The summed E-state index contributed by atoms with van der Waals surface area (Å²) in [7, 11) is 0. The molecule has 0 fully saturated rings. The molecule has 0 aliphatic rings. The van der Waals surface area contributed by atoms with Gasteiger partial charge in [-0.3, -0.25) is 19.2 Å². The van der Waals surface area contributed by atoms with Crippen LogP contribution >= 0.6 is 0 Å². The number of hydrogen-bond acceptors (Lipinski definition) is 9. The van der Waals surface area contributed by atoms with E-state index in [1.54, 1.807) is 0 Å². The number of aliphatic hydroxyl groups is 1. The quantitative estimate of drug-likeness (QED) is 0.0933. The Labute approximate surface area is 207 Å². The van der Waals surface area contributed by atoms with Gasteiger partial charge < -0.3 is 48.3 Å². The topological polar surface area (TPSA) is 269 Å². The summed E-state index contributed by atoms with van der Waals surface area (Å²) in [6.07, 6.45) is 2.36. The third-order valence-corrected chi connectivity index (χ3v) is 5.27. The Hall–Kier alpha value is -3.56. The first-order valence-corrected chi connectivity index (χ1v) is 11.5. The number of nitrogens with zero attached hydrogens (tertiary/aromatic N) is 1.